The van der Waals surface area contributed by atoms with E-state index in [0.29, 0.717) is 24.6 Å². The Bertz CT molecular complexity index is 1060. The third kappa shape index (κ3) is 7.77. The summed E-state index contributed by atoms with van der Waals surface area (Å²) < 4.78 is 56.3. The summed E-state index contributed by atoms with van der Waals surface area (Å²) in [6, 6.07) is 5.57. The summed E-state index contributed by atoms with van der Waals surface area (Å²) in [6.07, 6.45) is 1.60. The predicted octanol–water partition coefficient (Wildman–Crippen LogP) is 0.279. The van der Waals surface area contributed by atoms with Crippen molar-refractivity contribution in [3.05, 3.63) is 24.3 Å². The molecule has 0 radical (unpaired) electrons. The van der Waals surface area contributed by atoms with Crippen molar-refractivity contribution in [2.75, 3.05) is 49.0 Å². The second kappa shape index (κ2) is 9.30. The molecule has 4 N–H and O–H groups in total. The number of aromatic nitrogens is 3. The lowest BCUT2D eigenvalue weighted by molar-refractivity contribution is 0.483. The van der Waals surface area contributed by atoms with Gasteiger partial charge in [0, 0.05) is 32.9 Å². The van der Waals surface area contributed by atoms with Crippen LogP contribution in [0.5, 0.6) is 0 Å². The molecule has 1 aromatic carbocycles. The van der Waals surface area contributed by atoms with Gasteiger partial charge in [0.05, 0.1) is 11.2 Å². The first kappa shape index (κ1) is 22.7. The van der Waals surface area contributed by atoms with Gasteiger partial charge in [0.1, 0.15) is 0 Å². The molecule has 0 spiro atoms. The molecule has 1 heterocycles. The van der Waals surface area contributed by atoms with Gasteiger partial charge in [-0.1, -0.05) is 6.07 Å². The van der Waals surface area contributed by atoms with Crippen molar-refractivity contribution in [2.24, 2.45) is 0 Å². The fourth-order valence-corrected chi connectivity index (χ4v) is 3.15. The summed E-state index contributed by atoms with van der Waals surface area (Å²) in [5, 5.41) is 5.87. The Balaban J connectivity index is 2.14. The van der Waals surface area contributed by atoms with Gasteiger partial charge in [-0.25, -0.2) is 13.1 Å². The summed E-state index contributed by atoms with van der Waals surface area (Å²) in [6.45, 7) is 0.683. The first-order valence-corrected chi connectivity index (χ1v) is 11.7. The van der Waals surface area contributed by atoms with Gasteiger partial charge in [-0.15, -0.1) is 0 Å². The summed E-state index contributed by atoms with van der Waals surface area (Å²) in [5.41, 5.74) is 0.360. The first-order chi connectivity index (χ1) is 13.4. The molecule has 29 heavy (non-hydrogen) atoms. The molecule has 0 saturated heterocycles. The van der Waals surface area contributed by atoms with Crippen LogP contribution in [0.4, 0.5) is 23.5 Å². The molecular weight excluding hydrogens is 422 g/mol. The van der Waals surface area contributed by atoms with E-state index < -0.39 is 20.1 Å². The van der Waals surface area contributed by atoms with E-state index in [1.165, 1.54) is 18.2 Å². The van der Waals surface area contributed by atoms with Crippen LogP contribution in [-0.4, -0.2) is 69.8 Å². The van der Waals surface area contributed by atoms with Crippen LogP contribution in [-0.2, 0) is 20.1 Å². The van der Waals surface area contributed by atoms with E-state index in [1.807, 2.05) is 0 Å². The van der Waals surface area contributed by atoms with Gasteiger partial charge in [0.15, 0.2) is 0 Å². The van der Waals surface area contributed by atoms with Gasteiger partial charge in [0.2, 0.25) is 27.9 Å². The summed E-state index contributed by atoms with van der Waals surface area (Å²) in [4.78, 5) is 14.1. The normalized spacial score (nSPS) is 11.9. The van der Waals surface area contributed by atoms with Crippen molar-refractivity contribution in [2.45, 2.75) is 11.3 Å². The molecule has 0 atom stereocenters. The van der Waals surface area contributed by atoms with Crippen LogP contribution in [0.1, 0.15) is 6.42 Å². The first-order valence-electron chi connectivity index (χ1n) is 8.40. The average molecular weight is 446 g/mol. The SMILES string of the molecule is CN(C)c1nc(NCCCNS(C)(=O)=O)nc(Nc2cccc(S(=O)(=O)O)c2)n1. The lowest BCUT2D eigenvalue weighted by atomic mass is 10.3. The summed E-state index contributed by atoms with van der Waals surface area (Å²) in [5.74, 6) is 0.773. The average Bonchev–Trinajstić information content (AvgIpc) is 2.60. The standard InChI is InChI=1S/C15H23N7O5S2/c1-22(2)15-20-13(16-8-5-9-17-28(3,23)24)19-14(21-15)18-11-6-4-7-12(10-11)29(25,26)27/h4,6-7,10,17H,5,8-9H2,1-3H3,(H,25,26,27)(H2,16,18,19,20,21). The minimum absolute atomic E-state index is 0.160. The number of sulfonamides is 1. The van der Waals surface area contributed by atoms with E-state index in [0.717, 1.165) is 6.26 Å². The smallest absolute Gasteiger partial charge is 0.294 e. The Morgan fingerprint density at radius 1 is 1.03 bits per heavy atom. The highest BCUT2D eigenvalue weighted by atomic mass is 32.2. The molecule has 12 nitrogen and oxygen atoms in total. The number of nitrogens with one attached hydrogen (secondary N) is 3. The quantitative estimate of drug-likeness (QED) is 0.293. The number of benzene rings is 1. The molecule has 0 saturated carbocycles. The molecule has 0 bridgehead atoms. The zero-order chi connectivity index (χ0) is 21.7. The van der Waals surface area contributed by atoms with Crippen LogP contribution in [0.3, 0.4) is 0 Å². The Morgan fingerprint density at radius 2 is 1.72 bits per heavy atom. The summed E-state index contributed by atoms with van der Waals surface area (Å²) in [7, 11) is -4.08. The number of anilines is 4. The largest absolute Gasteiger partial charge is 0.354 e. The third-order valence-corrected chi connectivity index (χ3v) is 4.99. The Hall–Kier alpha value is -2.55. The maximum absolute atomic E-state index is 11.3. The van der Waals surface area contributed by atoms with Crippen LogP contribution in [0, 0.1) is 0 Å². The highest BCUT2D eigenvalue weighted by molar-refractivity contribution is 7.88. The number of nitrogens with zero attached hydrogens (tertiary/aromatic N) is 4. The number of rotatable bonds is 10. The molecular formula is C15H23N7O5S2. The van der Waals surface area contributed by atoms with E-state index >= 15 is 0 Å². The van der Waals surface area contributed by atoms with E-state index in [9.17, 15) is 21.4 Å². The minimum atomic E-state index is -4.34. The van der Waals surface area contributed by atoms with Crippen molar-refractivity contribution >= 4 is 43.7 Å². The molecule has 160 valence electrons. The zero-order valence-corrected chi connectivity index (χ0v) is 17.7. The molecule has 0 aliphatic carbocycles. The molecule has 0 unspecified atom stereocenters. The minimum Gasteiger partial charge on any atom is -0.354 e. The third-order valence-electron chi connectivity index (χ3n) is 3.41. The fourth-order valence-electron chi connectivity index (χ4n) is 2.11. The second-order valence-electron chi connectivity index (χ2n) is 6.25. The monoisotopic (exact) mass is 445 g/mol. The van der Waals surface area contributed by atoms with Crippen molar-refractivity contribution in [1.29, 1.82) is 0 Å². The van der Waals surface area contributed by atoms with Gasteiger partial charge >= 0.3 is 0 Å². The maximum atomic E-state index is 11.3. The van der Waals surface area contributed by atoms with Gasteiger partial charge in [-0.2, -0.15) is 23.4 Å². The van der Waals surface area contributed by atoms with Gasteiger partial charge < -0.3 is 15.5 Å². The van der Waals surface area contributed by atoms with Crippen LogP contribution >= 0.6 is 0 Å². The van der Waals surface area contributed by atoms with Gasteiger partial charge in [-0.3, -0.25) is 4.55 Å². The highest BCUT2D eigenvalue weighted by Gasteiger charge is 2.12. The van der Waals surface area contributed by atoms with Crippen LogP contribution < -0.4 is 20.3 Å². The van der Waals surface area contributed by atoms with E-state index in [2.05, 4.69) is 30.3 Å². The van der Waals surface area contributed by atoms with Crippen molar-refractivity contribution in [1.82, 2.24) is 19.7 Å². The van der Waals surface area contributed by atoms with Gasteiger partial charge in [-0.05, 0) is 24.6 Å². The topological polar surface area (TPSA) is 167 Å². The predicted molar refractivity (Wildman–Crippen MR) is 110 cm³/mol. The Labute approximate surface area is 169 Å². The van der Waals surface area contributed by atoms with Crippen LogP contribution in [0.25, 0.3) is 0 Å². The zero-order valence-electron chi connectivity index (χ0n) is 16.1. The molecule has 2 rings (SSSR count). The van der Waals surface area contributed by atoms with Gasteiger partial charge in [0.25, 0.3) is 10.1 Å². The van der Waals surface area contributed by atoms with E-state index in [4.69, 9.17) is 0 Å². The van der Waals surface area contributed by atoms with Crippen LogP contribution in [0.15, 0.2) is 29.2 Å². The van der Waals surface area contributed by atoms with Crippen molar-refractivity contribution in [3.8, 4) is 0 Å². The van der Waals surface area contributed by atoms with Crippen molar-refractivity contribution < 1.29 is 21.4 Å². The molecule has 0 fully saturated rings. The molecule has 0 amide bonds. The molecule has 1 aromatic heterocycles. The Kier molecular flexibility index (Phi) is 7.29. The van der Waals surface area contributed by atoms with E-state index in [-0.39, 0.29) is 23.3 Å². The van der Waals surface area contributed by atoms with E-state index in [1.54, 1.807) is 25.1 Å². The molecule has 0 aliphatic heterocycles. The fraction of sp³-hybridized carbons (Fsp3) is 0.400. The lowest BCUT2D eigenvalue weighted by Gasteiger charge is -2.14. The second-order valence-corrected chi connectivity index (χ2v) is 9.51. The highest BCUT2D eigenvalue weighted by Crippen LogP contribution is 2.20. The molecule has 2 aromatic rings. The van der Waals surface area contributed by atoms with Crippen LogP contribution in [0.2, 0.25) is 0 Å². The molecule has 14 heteroatoms. The maximum Gasteiger partial charge on any atom is 0.294 e. The number of hydrogen-bond acceptors (Lipinski definition) is 10. The van der Waals surface area contributed by atoms with Crippen molar-refractivity contribution in [3.63, 3.8) is 0 Å². The number of hydrogen-bond donors (Lipinski definition) is 4. The summed E-state index contributed by atoms with van der Waals surface area (Å²) >= 11 is 0. The Morgan fingerprint density at radius 3 is 2.34 bits per heavy atom. The lowest BCUT2D eigenvalue weighted by Crippen LogP contribution is -2.24. The molecule has 0 aliphatic rings.